The van der Waals surface area contributed by atoms with E-state index in [1.807, 2.05) is 0 Å². The number of hydrogen-bond donors (Lipinski definition) is 3. The summed E-state index contributed by atoms with van der Waals surface area (Å²) in [6.45, 7) is 4.07. The second-order valence-corrected chi connectivity index (χ2v) is 11.0. The highest BCUT2D eigenvalue weighted by Crippen LogP contribution is 2.57. The Morgan fingerprint density at radius 1 is 0.865 bits per heavy atom. The van der Waals surface area contributed by atoms with Crippen LogP contribution in [0, 0.1) is 0 Å². The fourth-order valence-corrected chi connectivity index (χ4v) is 6.65. The SMILES string of the molecule is CC(=O)Nc1ccc(OP(=O)(Oc2ccc(NC(C)=O)cc2)C2CCCN2C(=O)C2CCCN2)cc1.Cl. The second kappa shape index (κ2) is 12.4. The van der Waals surface area contributed by atoms with Crippen LogP contribution in [-0.4, -0.2) is 47.5 Å². The third kappa shape index (κ3) is 7.25. The monoisotopic (exact) mass is 550 g/mol. The summed E-state index contributed by atoms with van der Waals surface area (Å²) in [6.07, 6.45) is 2.82. The molecule has 12 heteroatoms. The number of anilines is 2. The standard InChI is InChI=1S/C25H31N4O6P.ClH/c1-17(30)27-19-7-11-21(12-8-19)34-36(33,35-22-13-9-20(10-14-22)28-18(2)31)24-6-4-16-29(24)25(32)23-5-3-15-26-23;/h7-14,23-24,26H,3-6,15-16H2,1-2H3,(H,27,30)(H,28,31);1H. The van der Waals surface area contributed by atoms with Crippen molar-refractivity contribution in [2.75, 3.05) is 23.7 Å². The van der Waals surface area contributed by atoms with E-state index in [1.54, 1.807) is 53.4 Å². The molecule has 2 aliphatic rings. The van der Waals surface area contributed by atoms with Gasteiger partial charge in [0.15, 0.2) is 5.78 Å². The van der Waals surface area contributed by atoms with Crippen LogP contribution in [0.2, 0.25) is 0 Å². The molecule has 2 saturated heterocycles. The number of carbonyl (C=O) groups excluding carboxylic acids is 3. The minimum atomic E-state index is -3.94. The third-order valence-corrected chi connectivity index (χ3v) is 8.24. The maximum Gasteiger partial charge on any atom is 0.453 e. The maximum atomic E-state index is 14.4. The van der Waals surface area contributed by atoms with Crippen molar-refractivity contribution < 1.29 is 28.0 Å². The zero-order chi connectivity index (χ0) is 25.7. The first-order valence-electron chi connectivity index (χ1n) is 12.0. The van der Waals surface area contributed by atoms with Crippen LogP contribution in [0.15, 0.2) is 48.5 Å². The van der Waals surface area contributed by atoms with Gasteiger partial charge in [0.1, 0.15) is 11.5 Å². The first kappa shape index (κ1) is 28.5. The molecular weight excluding hydrogens is 519 g/mol. The van der Waals surface area contributed by atoms with Gasteiger partial charge in [-0.2, -0.15) is 0 Å². The lowest BCUT2D eigenvalue weighted by molar-refractivity contribution is -0.132. The number of benzene rings is 2. The Kier molecular flexibility index (Phi) is 9.59. The van der Waals surface area contributed by atoms with E-state index in [0.717, 1.165) is 19.4 Å². The summed E-state index contributed by atoms with van der Waals surface area (Å²) >= 11 is 0. The van der Waals surface area contributed by atoms with Crippen LogP contribution in [-0.2, 0) is 18.9 Å². The summed E-state index contributed by atoms with van der Waals surface area (Å²) in [5, 5.41) is 8.57. The molecule has 2 atom stereocenters. The van der Waals surface area contributed by atoms with Crippen LogP contribution >= 0.6 is 20.0 Å². The van der Waals surface area contributed by atoms with E-state index in [0.29, 0.717) is 42.3 Å². The first-order valence-corrected chi connectivity index (χ1v) is 13.6. The number of nitrogens with one attached hydrogen (secondary N) is 3. The van der Waals surface area contributed by atoms with Crippen molar-refractivity contribution in [2.24, 2.45) is 0 Å². The second-order valence-electron chi connectivity index (χ2n) is 8.94. The van der Waals surface area contributed by atoms with Crippen molar-refractivity contribution in [1.29, 1.82) is 0 Å². The van der Waals surface area contributed by atoms with Crippen molar-refractivity contribution in [3.63, 3.8) is 0 Å². The van der Waals surface area contributed by atoms with Gasteiger partial charge in [-0.1, -0.05) is 0 Å². The molecule has 3 N–H and O–H groups in total. The number of rotatable bonds is 8. The minimum absolute atomic E-state index is 0. The average Bonchev–Trinajstić information content (AvgIpc) is 3.54. The van der Waals surface area contributed by atoms with Gasteiger partial charge in [-0.25, -0.2) is 4.57 Å². The molecule has 2 heterocycles. The zero-order valence-corrected chi connectivity index (χ0v) is 22.5. The molecule has 200 valence electrons. The van der Waals surface area contributed by atoms with E-state index in [1.165, 1.54) is 13.8 Å². The van der Waals surface area contributed by atoms with E-state index in [9.17, 15) is 18.9 Å². The molecule has 0 aromatic heterocycles. The lowest BCUT2D eigenvalue weighted by Gasteiger charge is -2.32. The Morgan fingerprint density at radius 3 is 1.81 bits per heavy atom. The fourth-order valence-electron chi connectivity index (χ4n) is 4.47. The fraction of sp³-hybridized carbons (Fsp3) is 0.400. The van der Waals surface area contributed by atoms with Crippen LogP contribution in [0.3, 0.4) is 0 Å². The number of likely N-dealkylation sites (tertiary alicyclic amines) is 1. The molecule has 2 aromatic carbocycles. The van der Waals surface area contributed by atoms with E-state index in [2.05, 4.69) is 16.0 Å². The zero-order valence-electron chi connectivity index (χ0n) is 20.8. The molecule has 0 bridgehead atoms. The summed E-state index contributed by atoms with van der Waals surface area (Å²) in [5.41, 5.74) is 1.15. The van der Waals surface area contributed by atoms with Crippen LogP contribution < -0.4 is 25.0 Å². The Morgan fingerprint density at radius 2 is 1.38 bits per heavy atom. The largest absolute Gasteiger partial charge is 0.453 e. The van der Waals surface area contributed by atoms with Crippen molar-refractivity contribution in [1.82, 2.24) is 10.2 Å². The van der Waals surface area contributed by atoms with Crippen molar-refractivity contribution >= 4 is 49.1 Å². The normalized spacial score (nSPS) is 19.0. The predicted octanol–water partition coefficient (Wildman–Crippen LogP) is 4.38. The number of nitrogens with zero attached hydrogens (tertiary/aromatic N) is 1. The van der Waals surface area contributed by atoms with E-state index in [4.69, 9.17) is 9.05 Å². The van der Waals surface area contributed by atoms with Crippen LogP contribution in [0.4, 0.5) is 11.4 Å². The van der Waals surface area contributed by atoms with Crippen LogP contribution in [0.1, 0.15) is 39.5 Å². The van der Waals surface area contributed by atoms with Gasteiger partial charge in [-0.3, -0.25) is 14.4 Å². The topological polar surface area (TPSA) is 126 Å². The molecule has 4 rings (SSSR count). The molecular formula is C25H32ClN4O6P. The minimum Gasteiger partial charge on any atom is -0.415 e. The Hall–Kier alpha value is -3.07. The molecule has 2 aliphatic heterocycles. The van der Waals surface area contributed by atoms with Gasteiger partial charge in [0.25, 0.3) is 0 Å². The molecule has 0 saturated carbocycles. The lowest BCUT2D eigenvalue weighted by Crippen LogP contribution is -2.46. The number of halogens is 1. The van der Waals surface area contributed by atoms with Crippen LogP contribution in [0.5, 0.6) is 11.5 Å². The molecule has 2 aromatic rings. The van der Waals surface area contributed by atoms with Gasteiger partial charge in [0, 0.05) is 31.8 Å². The van der Waals surface area contributed by atoms with Crippen molar-refractivity contribution in [3.05, 3.63) is 48.5 Å². The van der Waals surface area contributed by atoms with Gasteiger partial charge in [0.2, 0.25) is 17.7 Å². The quantitative estimate of drug-likeness (QED) is 0.416. The molecule has 37 heavy (non-hydrogen) atoms. The molecule has 3 amide bonds. The summed E-state index contributed by atoms with van der Waals surface area (Å²) in [5.74, 6) is -0.676. The molecule has 0 spiro atoms. The van der Waals surface area contributed by atoms with Gasteiger partial charge in [-0.15, -0.1) is 12.4 Å². The first-order chi connectivity index (χ1) is 17.2. The van der Waals surface area contributed by atoms with Gasteiger partial charge in [-0.05, 0) is 80.8 Å². The molecule has 0 radical (unpaired) electrons. The molecule has 0 aliphatic carbocycles. The molecule has 2 unspecified atom stereocenters. The molecule has 10 nitrogen and oxygen atoms in total. The highest BCUT2D eigenvalue weighted by molar-refractivity contribution is 7.55. The van der Waals surface area contributed by atoms with Gasteiger partial charge >= 0.3 is 7.60 Å². The predicted molar refractivity (Wildman–Crippen MR) is 143 cm³/mol. The van der Waals surface area contributed by atoms with Crippen LogP contribution in [0.25, 0.3) is 0 Å². The maximum absolute atomic E-state index is 14.4. The Bertz CT molecular complexity index is 1090. The van der Waals surface area contributed by atoms with E-state index < -0.39 is 13.4 Å². The number of amides is 3. The van der Waals surface area contributed by atoms with Crippen molar-refractivity contribution in [2.45, 2.75) is 51.4 Å². The third-order valence-electron chi connectivity index (χ3n) is 6.04. The van der Waals surface area contributed by atoms with E-state index >= 15 is 0 Å². The van der Waals surface area contributed by atoms with Gasteiger partial charge < -0.3 is 29.9 Å². The average molecular weight is 551 g/mol. The van der Waals surface area contributed by atoms with Gasteiger partial charge in [0.05, 0.1) is 6.04 Å². The number of hydrogen-bond acceptors (Lipinski definition) is 7. The summed E-state index contributed by atoms with van der Waals surface area (Å²) < 4.78 is 26.5. The summed E-state index contributed by atoms with van der Waals surface area (Å²) in [6, 6.07) is 12.7. The summed E-state index contributed by atoms with van der Waals surface area (Å²) in [4.78, 5) is 37.5. The smallest absolute Gasteiger partial charge is 0.415 e. The lowest BCUT2D eigenvalue weighted by atomic mass is 10.2. The number of carbonyl (C=O) groups is 3. The summed E-state index contributed by atoms with van der Waals surface area (Å²) in [7, 11) is -3.94. The highest BCUT2D eigenvalue weighted by atomic mass is 35.5. The Labute approximate surface area is 222 Å². The highest BCUT2D eigenvalue weighted by Gasteiger charge is 2.48. The molecule has 2 fully saturated rings. The Balaban J connectivity index is 0.00000380. The van der Waals surface area contributed by atoms with Crippen molar-refractivity contribution in [3.8, 4) is 11.5 Å². The van der Waals surface area contributed by atoms with E-state index in [-0.39, 0.29) is 36.2 Å².